The van der Waals surface area contributed by atoms with Crippen LogP contribution in [0.1, 0.15) is 44.9 Å². The molecule has 3 heteroatoms. The lowest BCUT2D eigenvalue weighted by atomic mass is 10.1. The molecule has 0 saturated heterocycles. The van der Waals surface area contributed by atoms with Crippen LogP contribution in [0.4, 0.5) is 0 Å². The number of nitrogens with one attached hydrogen (secondary N) is 1. The van der Waals surface area contributed by atoms with Gasteiger partial charge < -0.3 is 9.73 Å². The molecule has 1 heterocycles. The summed E-state index contributed by atoms with van der Waals surface area (Å²) in [7, 11) is 0. The van der Waals surface area contributed by atoms with Crippen molar-refractivity contribution in [1.29, 1.82) is 0 Å². The van der Waals surface area contributed by atoms with Crippen LogP contribution in [0, 0.1) is 5.92 Å². The van der Waals surface area contributed by atoms with Gasteiger partial charge in [0.1, 0.15) is 5.76 Å². The predicted molar refractivity (Wildman–Crippen MR) is 74.4 cm³/mol. The molecule has 0 amide bonds. The van der Waals surface area contributed by atoms with Crippen LogP contribution < -0.4 is 5.32 Å². The zero-order valence-corrected chi connectivity index (χ0v) is 11.9. The molecule has 1 aromatic rings. The molecule has 1 N–H and O–H groups in total. The summed E-state index contributed by atoms with van der Waals surface area (Å²) in [4.78, 5) is 2.48. The van der Waals surface area contributed by atoms with Crippen molar-refractivity contribution in [2.24, 2.45) is 5.92 Å². The van der Waals surface area contributed by atoms with Crippen LogP contribution in [0.25, 0.3) is 0 Å². The normalized spacial score (nSPS) is 15.8. The summed E-state index contributed by atoms with van der Waals surface area (Å²) in [5.74, 6) is 1.83. The molecule has 3 nitrogen and oxygen atoms in total. The third kappa shape index (κ3) is 4.14. The van der Waals surface area contributed by atoms with Crippen LogP contribution in [0.2, 0.25) is 0 Å². The van der Waals surface area contributed by atoms with Gasteiger partial charge in [-0.15, -0.1) is 0 Å². The molecule has 1 fully saturated rings. The van der Waals surface area contributed by atoms with Gasteiger partial charge in [-0.2, -0.15) is 0 Å². The molecule has 0 spiro atoms. The van der Waals surface area contributed by atoms with E-state index in [0.717, 1.165) is 38.0 Å². The quantitative estimate of drug-likeness (QED) is 0.769. The standard InChI is InChI=1S/C15H26N2O/c1-4-17(10-12(2)3)11-13-7-8-18-15(13)9-16-14-5-6-14/h7-8,12,14,16H,4-6,9-11H2,1-3H3. The van der Waals surface area contributed by atoms with Gasteiger partial charge in [0.15, 0.2) is 0 Å². The van der Waals surface area contributed by atoms with Gasteiger partial charge >= 0.3 is 0 Å². The first kappa shape index (κ1) is 13.6. The van der Waals surface area contributed by atoms with Crippen molar-refractivity contribution in [2.45, 2.75) is 52.7 Å². The monoisotopic (exact) mass is 250 g/mol. The van der Waals surface area contributed by atoms with E-state index < -0.39 is 0 Å². The fraction of sp³-hybridized carbons (Fsp3) is 0.733. The van der Waals surface area contributed by atoms with Crippen molar-refractivity contribution in [1.82, 2.24) is 10.2 Å². The van der Waals surface area contributed by atoms with Crippen molar-refractivity contribution >= 4 is 0 Å². The Kier molecular flexibility index (Phi) is 4.84. The van der Waals surface area contributed by atoms with Gasteiger partial charge in [0.2, 0.25) is 0 Å². The average Bonchev–Trinajstić information content (AvgIpc) is 3.06. The molecule has 0 aliphatic heterocycles. The van der Waals surface area contributed by atoms with Gasteiger partial charge in [-0.05, 0) is 31.4 Å². The maximum Gasteiger partial charge on any atom is 0.122 e. The fourth-order valence-corrected chi connectivity index (χ4v) is 2.25. The molecule has 102 valence electrons. The van der Waals surface area contributed by atoms with E-state index in [1.807, 2.05) is 6.26 Å². The van der Waals surface area contributed by atoms with Gasteiger partial charge in [-0.25, -0.2) is 0 Å². The third-order valence-electron chi connectivity index (χ3n) is 3.43. The lowest BCUT2D eigenvalue weighted by molar-refractivity contribution is 0.246. The summed E-state index contributed by atoms with van der Waals surface area (Å²) in [6.07, 6.45) is 4.47. The molecule has 0 atom stereocenters. The Bertz CT molecular complexity index is 355. The number of hydrogen-bond donors (Lipinski definition) is 1. The van der Waals surface area contributed by atoms with Crippen molar-refractivity contribution in [3.05, 3.63) is 23.7 Å². The molecule has 1 aliphatic rings. The molecule has 0 unspecified atom stereocenters. The highest BCUT2D eigenvalue weighted by Gasteiger charge is 2.21. The topological polar surface area (TPSA) is 28.4 Å². The van der Waals surface area contributed by atoms with E-state index in [1.54, 1.807) is 0 Å². The van der Waals surface area contributed by atoms with Crippen molar-refractivity contribution in [2.75, 3.05) is 13.1 Å². The SMILES string of the molecule is CCN(Cc1ccoc1CNC1CC1)CC(C)C. The molecule has 0 bridgehead atoms. The Morgan fingerprint density at radius 3 is 2.83 bits per heavy atom. The van der Waals surface area contributed by atoms with Crippen LogP contribution >= 0.6 is 0 Å². The predicted octanol–water partition coefficient (Wildman–Crippen LogP) is 3.01. The molecular formula is C15H26N2O. The summed E-state index contributed by atoms with van der Waals surface area (Å²) in [5, 5.41) is 3.52. The van der Waals surface area contributed by atoms with Crippen LogP contribution in [0.3, 0.4) is 0 Å². The van der Waals surface area contributed by atoms with Gasteiger partial charge in [0.25, 0.3) is 0 Å². The largest absolute Gasteiger partial charge is 0.468 e. The summed E-state index contributed by atoms with van der Waals surface area (Å²) in [5.41, 5.74) is 1.34. The second-order valence-electron chi connectivity index (χ2n) is 5.75. The molecule has 1 aromatic heterocycles. The highest BCUT2D eigenvalue weighted by molar-refractivity contribution is 5.17. The van der Waals surface area contributed by atoms with E-state index in [1.165, 1.54) is 18.4 Å². The fourth-order valence-electron chi connectivity index (χ4n) is 2.25. The van der Waals surface area contributed by atoms with Gasteiger partial charge in [0, 0.05) is 24.7 Å². The Morgan fingerprint density at radius 2 is 2.22 bits per heavy atom. The zero-order chi connectivity index (χ0) is 13.0. The molecule has 1 saturated carbocycles. The van der Waals surface area contributed by atoms with Gasteiger partial charge in [-0.1, -0.05) is 20.8 Å². The Labute approximate surface area is 111 Å². The number of rotatable bonds is 8. The van der Waals surface area contributed by atoms with Gasteiger partial charge in [0.05, 0.1) is 12.8 Å². The highest BCUT2D eigenvalue weighted by Crippen LogP contribution is 2.21. The molecule has 2 rings (SSSR count). The number of hydrogen-bond acceptors (Lipinski definition) is 3. The molecular weight excluding hydrogens is 224 g/mol. The minimum atomic E-state index is 0.713. The van der Waals surface area contributed by atoms with Crippen molar-refractivity contribution in [3.63, 3.8) is 0 Å². The third-order valence-corrected chi connectivity index (χ3v) is 3.43. The Morgan fingerprint density at radius 1 is 1.44 bits per heavy atom. The molecule has 0 aromatic carbocycles. The summed E-state index contributed by atoms with van der Waals surface area (Å²) >= 11 is 0. The second-order valence-corrected chi connectivity index (χ2v) is 5.75. The molecule has 18 heavy (non-hydrogen) atoms. The smallest absolute Gasteiger partial charge is 0.122 e. The van der Waals surface area contributed by atoms with Crippen LogP contribution in [0.15, 0.2) is 16.7 Å². The van der Waals surface area contributed by atoms with Crippen molar-refractivity contribution < 1.29 is 4.42 Å². The number of furan rings is 1. The van der Waals surface area contributed by atoms with E-state index in [4.69, 9.17) is 4.42 Å². The summed E-state index contributed by atoms with van der Waals surface area (Å²) < 4.78 is 5.60. The maximum absolute atomic E-state index is 5.60. The molecule has 0 radical (unpaired) electrons. The van der Waals surface area contributed by atoms with E-state index in [-0.39, 0.29) is 0 Å². The van der Waals surface area contributed by atoms with Crippen LogP contribution in [-0.4, -0.2) is 24.0 Å². The average molecular weight is 250 g/mol. The zero-order valence-electron chi connectivity index (χ0n) is 11.9. The lowest BCUT2D eigenvalue weighted by Gasteiger charge is -2.22. The Balaban J connectivity index is 1.88. The van der Waals surface area contributed by atoms with Crippen molar-refractivity contribution in [3.8, 4) is 0 Å². The minimum absolute atomic E-state index is 0.713. The number of nitrogens with zero attached hydrogens (tertiary/aromatic N) is 1. The van der Waals surface area contributed by atoms with Crippen LogP contribution in [0.5, 0.6) is 0 Å². The highest BCUT2D eigenvalue weighted by atomic mass is 16.3. The summed E-state index contributed by atoms with van der Waals surface area (Å²) in [6, 6.07) is 2.85. The van der Waals surface area contributed by atoms with Crippen LogP contribution in [-0.2, 0) is 13.1 Å². The minimum Gasteiger partial charge on any atom is -0.468 e. The van der Waals surface area contributed by atoms with E-state index in [2.05, 4.69) is 37.1 Å². The van der Waals surface area contributed by atoms with E-state index in [9.17, 15) is 0 Å². The second kappa shape index (κ2) is 6.39. The van der Waals surface area contributed by atoms with E-state index >= 15 is 0 Å². The summed E-state index contributed by atoms with van der Waals surface area (Å²) in [6.45, 7) is 10.9. The maximum atomic E-state index is 5.60. The van der Waals surface area contributed by atoms with E-state index in [0.29, 0.717) is 5.92 Å². The first-order chi connectivity index (χ1) is 8.69. The molecule has 1 aliphatic carbocycles. The first-order valence-electron chi connectivity index (χ1n) is 7.20. The lowest BCUT2D eigenvalue weighted by Crippen LogP contribution is -2.27. The first-order valence-corrected chi connectivity index (χ1v) is 7.20. The van der Waals surface area contributed by atoms with Gasteiger partial charge in [-0.3, -0.25) is 4.90 Å². The Hall–Kier alpha value is -0.800.